The lowest BCUT2D eigenvalue weighted by atomic mass is 9.97. The van der Waals surface area contributed by atoms with Gasteiger partial charge in [0.1, 0.15) is 17.4 Å². The molecule has 0 radical (unpaired) electrons. The summed E-state index contributed by atoms with van der Waals surface area (Å²) in [7, 11) is -2.53. The van der Waals surface area contributed by atoms with Crippen LogP contribution in [0.25, 0.3) is 0 Å². The number of aromatic nitrogens is 1. The Morgan fingerprint density at radius 3 is 2.33 bits per heavy atom. The SMILES string of the molecule is COc1ccc(C(=O)c2cc(F)c(C(C)c3ccc(NS(N)(=O)=O)cc3)[nH]2)c(F)c1. The number of benzene rings is 2. The Labute approximate surface area is 172 Å². The zero-order chi connectivity index (χ0) is 22.1. The molecule has 2 aromatic carbocycles. The van der Waals surface area contributed by atoms with E-state index in [9.17, 15) is 22.0 Å². The fourth-order valence-corrected chi connectivity index (χ4v) is 3.47. The molecule has 3 aromatic rings. The summed E-state index contributed by atoms with van der Waals surface area (Å²) < 4.78 is 57.9. The summed E-state index contributed by atoms with van der Waals surface area (Å²) in [5.41, 5.74) is 0.747. The van der Waals surface area contributed by atoms with Crippen LogP contribution in [0.4, 0.5) is 14.5 Å². The van der Waals surface area contributed by atoms with E-state index < -0.39 is 33.5 Å². The highest BCUT2D eigenvalue weighted by atomic mass is 32.2. The second-order valence-electron chi connectivity index (χ2n) is 6.61. The van der Waals surface area contributed by atoms with E-state index in [0.717, 1.165) is 12.1 Å². The molecule has 7 nitrogen and oxygen atoms in total. The lowest BCUT2D eigenvalue weighted by Gasteiger charge is -2.12. The maximum Gasteiger partial charge on any atom is 0.296 e. The summed E-state index contributed by atoms with van der Waals surface area (Å²) in [6, 6.07) is 11.0. The Morgan fingerprint density at radius 2 is 1.77 bits per heavy atom. The summed E-state index contributed by atoms with van der Waals surface area (Å²) in [5, 5.41) is 4.92. The Bertz CT molecular complexity index is 1190. The normalized spacial score (nSPS) is 12.4. The number of methoxy groups -OCH3 is 1. The predicted molar refractivity (Wildman–Crippen MR) is 108 cm³/mol. The van der Waals surface area contributed by atoms with Crippen molar-refractivity contribution in [3.8, 4) is 5.75 Å². The smallest absolute Gasteiger partial charge is 0.296 e. The first kappa shape index (κ1) is 21.5. The summed E-state index contributed by atoms with van der Waals surface area (Å²) in [4.78, 5) is 15.3. The first-order chi connectivity index (χ1) is 14.1. The molecule has 30 heavy (non-hydrogen) atoms. The van der Waals surface area contributed by atoms with Crippen LogP contribution >= 0.6 is 0 Å². The van der Waals surface area contributed by atoms with Gasteiger partial charge in [-0.1, -0.05) is 19.1 Å². The van der Waals surface area contributed by atoms with Crippen molar-refractivity contribution < 1.29 is 26.7 Å². The third-order valence-corrected chi connectivity index (χ3v) is 5.09. The van der Waals surface area contributed by atoms with Crippen LogP contribution in [0, 0.1) is 11.6 Å². The largest absolute Gasteiger partial charge is 0.497 e. The quantitative estimate of drug-likeness (QED) is 0.494. The average molecular weight is 435 g/mol. The molecule has 10 heteroatoms. The van der Waals surface area contributed by atoms with E-state index in [1.807, 2.05) is 0 Å². The lowest BCUT2D eigenvalue weighted by molar-refractivity contribution is 0.103. The Morgan fingerprint density at radius 1 is 1.10 bits per heavy atom. The van der Waals surface area contributed by atoms with Gasteiger partial charge in [-0.3, -0.25) is 9.52 Å². The van der Waals surface area contributed by atoms with E-state index in [4.69, 9.17) is 9.88 Å². The molecule has 0 spiro atoms. The lowest BCUT2D eigenvalue weighted by Crippen LogP contribution is -2.21. The van der Waals surface area contributed by atoms with Crippen LogP contribution in [0.1, 0.15) is 40.2 Å². The Balaban J connectivity index is 1.86. The molecule has 158 valence electrons. The summed E-state index contributed by atoms with van der Waals surface area (Å²) in [5.74, 6) is -2.35. The van der Waals surface area contributed by atoms with Gasteiger partial charge in [-0.05, 0) is 29.8 Å². The third kappa shape index (κ3) is 4.66. The topological polar surface area (TPSA) is 114 Å². The van der Waals surface area contributed by atoms with Crippen LogP contribution < -0.4 is 14.6 Å². The number of carbonyl (C=O) groups is 1. The molecule has 1 aromatic heterocycles. The van der Waals surface area contributed by atoms with Gasteiger partial charge >= 0.3 is 0 Å². The fourth-order valence-electron chi connectivity index (χ4n) is 3.01. The number of nitrogens with one attached hydrogen (secondary N) is 2. The van der Waals surface area contributed by atoms with Crippen LogP contribution in [0.5, 0.6) is 5.75 Å². The van der Waals surface area contributed by atoms with Crippen LogP contribution in [0.3, 0.4) is 0 Å². The molecule has 0 aliphatic carbocycles. The van der Waals surface area contributed by atoms with Crippen LogP contribution in [0.15, 0.2) is 48.5 Å². The molecule has 1 heterocycles. The van der Waals surface area contributed by atoms with Gasteiger partial charge in [0.2, 0.25) is 5.78 Å². The zero-order valence-corrected chi connectivity index (χ0v) is 16.9. The van der Waals surface area contributed by atoms with Crippen molar-refractivity contribution in [3.05, 3.63) is 82.7 Å². The summed E-state index contributed by atoms with van der Waals surface area (Å²) in [6.45, 7) is 1.71. The molecule has 4 N–H and O–H groups in total. The number of halogens is 2. The van der Waals surface area contributed by atoms with E-state index in [0.29, 0.717) is 5.56 Å². The van der Waals surface area contributed by atoms with Gasteiger partial charge < -0.3 is 9.72 Å². The minimum atomic E-state index is -3.90. The molecule has 3 rings (SSSR count). The third-order valence-electron chi connectivity index (χ3n) is 4.57. The first-order valence-corrected chi connectivity index (χ1v) is 10.3. The highest BCUT2D eigenvalue weighted by molar-refractivity contribution is 7.90. The second-order valence-corrected chi connectivity index (χ2v) is 7.90. The van der Waals surface area contributed by atoms with Crippen LogP contribution in [0.2, 0.25) is 0 Å². The van der Waals surface area contributed by atoms with Crippen molar-refractivity contribution >= 4 is 21.7 Å². The maximum atomic E-state index is 14.5. The molecule has 0 saturated heterocycles. The zero-order valence-electron chi connectivity index (χ0n) is 16.1. The van der Waals surface area contributed by atoms with Gasteiger partial charge in [-0.15, -0.1) is 0 Å². The van der Waals surface area contributed by atoms with Crippen molar-refractivity contribution in [2.24, 2.45) is 5.14 Å². The van der Waals surface area contributed by atoms with Gasteiger partial charge in [0.15, 0.2) is 0 Å². The van der Waals surface area contributed by atoms with Crippen LogP contribution in [-0.2, 0) is 10.2 Å². The Hall–Kier alpha value is -3.24. The summed E-state index contributed by atoms with van der Waals surface area (Å²) >= 11 is 0. The molecule has 1 atom stereocenters. The molecular formula is C20H19F2N3O4S. The number of rotatable bonds is 7. The van der Waals surface area contributed by atoms with E-state index in [-0.39, 0.29) is 28.4 Å². The molecule has 0 bridgehead atoms. The first-order valence-electron chi connectivity index (χ1n) is 8.76. The van der Waals surface area contributed by atoms with Gasteiger partial charge in [-0.25, -0.2) is 13.9 Å². The average Bonchev–Trinajstić information content (AvgIpc) is 3.08. The number of hydrogen-bond donors (Lipinski definition) is 3. The summed E-state index contributed by atoms with van der Waals surface area (Å²) in [6.07, 6.45) is 0. The number of anilines is 1. The van der Waals surface area contributed by atoms with E-state index in [2.05, 4.69) is 9.71 Å². The molecular weight excluding hydrogens is 416 g/mol. The van der Waals surface area contributed by atoms with Crippen molar-refractivity contribution in [2.45, 2.75) is 12.8 Å². The Kier molecular flexibility index (Phi) is 5.90. The molecule has 0 amide bonds. The fraction of sp³-hybridized carbons (Fsp3) is 0.150. The molecule has 0 aliphatic rings. The monoisotopic (exact) mass is 435 g/mol. The van der Waals surface area contributed by atoms with E-state index in [1.54, 1.807) is 19.1 Å². The number of hydrogen-bond acceptors (Lipinski definition) is 4. The van der Waals surface area contributed by atoms with Crippen molar-refractivity contribution in [1.82, 2.24) is 4.98 Å². The van der Waals surface area contributed by atoms with Crippen molar-refractivity contribution in [3.63, 3.8) is 0 Å². The molecule has 0 fully saturated rings. The van der Waals surface area contributed by atoms with Crippen LogP contribution in [-0.4, -0.2) is 26.3 Å². The standard InChI is InChI=1S/C20H19F2N3O4S/c1-11(12-3-5-13(6-4-12)25-30(23,27)28)19-17(22)10-18(24-19)20(26)15-8-7-14(29-2)9-16(15)21/h3-11,24-25H,1-2H3,(H2,23,27,28). The second kappa shape index (κ2) is 8.25. The van der Waals surface area contributed by atoms with Crippen molar-refractivity contribution in [2.75, 3.05) is 11.8 Å². The molecule has 0 saturated carbocycles. The minimum absolute atomic E-state index is 0.0917. The minimum Gasteiger partial charge on any atom is -0.497 e. The van der Waals surface area contributed by atoms with E-state index in [1.165, 1.54) is 31.4 Å². The number of carbonyl (C=O) groups excluding carboxylic acids is 1. The highest BCUT2D eigenvalue weighted by Crippen LogP contribution is 2.28. The maximum absolute atomic E-state index is 14.5. The predicted octanol–water partition coefficient (Wildman–Crippen LogP) is 3.30. The molecule has 0 aliphatic heterocycles. The number of nitrogens with two attached hydrogens (primary N) is 1. The highest BCUT2D eigenvalue weighted by Gasteiger charge is 2.22. The van der Waals surface area contributed by atoms with Gasteiger partial charge in [0.05, 0.1) is 24.1 Å². The number of H-pyrrole nitrogens is 1. The van der Waals surface area contributed by atoms with Gasteiger partial charge in [-0.2, -0.15) is 8.42 Å². The number of ketones is 1. The number of ether oxygens (including phenoxy) is 1. The number of aromatic amines is 1. The van der Waals surface area contributed by atoms with E-state index >= 15 is 0 Å². The molecule has 1 unspecified atom stereocenters. The van der Waals surface area contributed by atoms with Crippen molar-refractivity contribution in [1.29, 1.82) is 0 Å². The van der Waals surface area contributed by atoms with Gasteiger partial charge in [0, 0.05) is 23.7 Å². The van der Waals surface area contributed by atoms with Gasteiger partial charge in [0.25, 0.3) is 10.2 Å².